The van der Waals surface area contributed by atoms with Crippen LogP contribution < -0.4 is 0 Å². The molecule has 0 spiro atoms. The average Bonchev–Trinajstić information content (AvgIpc) is 3.27. The Morgan fingerprint density at radius 1 is 1.29 bits per heavy atom. The fourth-order valence-electron chi connectivity index (χ4n) is 2.99. The van der Waals surface area contributed by atoms with Crippen molar-refractivity contribution in [3.8, 4) is 0 Å². The van der Waals surface area contributed by atoms with E-state index in [4.69, 9.17) is 16.6 Å². The summed E-state index contributed by atoms with van der Waals surface area (Å²) in [5, 5.41) is 0.801. The van der Waals surface area contributed by atoms with E-state index < -0.39 is 0 Å². The molecule has 2 aromatic rings. The molecule has 21 heavy (non-hydrogen) atoms. The number of rotatable bonds is 7. The van der Waals surface area contributed by atoms with Crippen LogP contribution in [0.25, 0.3) is 11.0 Å². The zero-order valence-corrected chi connectivity index (χ0v) is 13.7. The molecule has 0 unspecified atom stereocenters. The number of benzene rings is 1. The second-order valence-corrected chi connectivity index (χ2v) is 6.35. The third-order valence-electron chi connectivity index (χ3n) is 4.43. The van der Waals surface area contributed by atoms with Crippen LogP contribution in [0.15, 0.2) is 18.2 Å². The summed E-state index contributed by atoms with van der Waals surface area (Å²) in [6.07, 6.45) is 3.74. The average molecular weight is 306 g/mol. The first-order valence-electron chi connectivity index (χ1n) is 8.11. The number of aromatic nitrogens is 2. The summed E-state index contributed by atoms with van der Waals surface area (Å²) in [4.78, 5) is 7.32. The highest BCUT2D eigenvalue weighted by Gasteiger charge is 2.29. The van der Waals surface area contributed by atoms with Gasteiger partial charge in [-0.25, -0.2) is 4.98 Å². The molecule has 0 N–H and O–H groups in total. The zero-order chi connectivity index (χ0) is 14.8. The summed E-state index contributed by atoms with van der Waals surface area (Å²) in [7, 11) is 0. The Bertz CT molecular complexity index is 612. The van der Waals surface area contributed by atoms with Gasteiger partial charge in [0.05, 0.1) is 11.0 Å². The molecule has 1 heterocycles. The monoisotopic (exact) mass is 305 g/mol. The first kappa shape index (κ1) is 14.9. The molecule has 1 aromatic carbocycles. The fraction of sp³-hybridized carbons (Fsp3) is 0.588. The van der Waals surface area contributed by atoms with E-state index in [0.717, 1.165) is 36.7 Å². The predicted molar refractivity (Wildman–Crippen MR) is 89.1 cm³/mol. The SMILES string of the molecule is CCN(CC)CCCn1c(C2CC2)nc2ccc(Cl)cc21. The van der Waals surface area contributed by atoms with Gasteiger partial charge in [-0.3, -0.25) is 0 Å². The Kier molecular flexibility index (Phi) is 4.51. The van der Waals surface area contributed by atoms with Gasteiger partial charge in [0.1, 0.15) is 5.82 Å². The molecule has 0 bridgehead atoms. The molecule has 4 heteroatoms. The standard InChI is InChI=1S/C17H24ClN3/c1-3-20(4-2)10-5-11-21-16-12-14(18)8-9-15(16)19-17(21)13-6-7-13/h8-9,12-13H,3-7,10-11H2,1-2H3. The van der Waals surface area contributed by atoms with Gasteiger partial charge >= 0.3 is 0 Å². The second-order valence-electron chi connectivity index (χ2n) is 5.91. The Hall–Kier alpha value is -1.06. The number of hydrogen-bond acceptors (Lipinski definition) is 2. The van der Waals surface area contributed by atoms with Crippen molar-refractivity contribution in [3.05, 3.63) is 29.0 Å². The van der Waals surface area contributed by atoms with Gasteiger partial charge in [0.15, 0.2) is 0 Å². The van der Waals surface area contributed by atoms with Crippen molar-refractivity contribution in [2.75, 3.05) is 19.6 Å². The summed E-state index contributed by atoms with van der Waals surface area (Å²) in [6, 6.07) is 6.05. The smallest absolute Gasteiger partial charge is 0.112 e. The van der Waals surface area contributed by atoms with Crippen molar-refractivity contribution in [3.63, 3.8) is 0 Å². The van der Waals surface area contributed by atoms with Gasteiger partial charge in [-0.15, -0.1) is 0 Å². The molecule has 1 aromatic heterocycles. The molecule has 1 aliphatic rings. The van der Waals surface area contributed by atoms with Crippen molar-refractivity contribution < 1.29 is 0 Å². The van der Waals surface area contributed by atoms with E-state index in [1.807, 2.05) is 12.1 Å². The molecule has 3 rings (SSSR count). The Balaban J connectivity index is 1.81. The van der Waals surface area contributed by atoms with Crippen LogP contribution in [0, 0.1) is 0 Å². The molecular formula is C17H24ClN3. The van der Waals surface area contributed by atoms with E-state index in [9.17, 15) is 0 Å². The largest absolute Gasteiger partial charge is 0.328 e. The second kappa shape index (κ2) is 6.37. The van der Waals surface area contributed by atoms with Crippen LogP contribution in [0.1, 0.15) is 44.9 Å². The van der Waals surface area contributed by atoms with Gasteiger partial charge in [0, 0.05) is 17.5 Å². The molecule has 0 radical (unpaired) electrons. The van der Waals surface area contributed by atoms with Crippen LogP contribution in [0.2, 0.25) is 5.02 Å². The minimum Gasteiger partial charge on any atom is -0.328 e. The molecule has 0 aliphatic heterocycles. The molecule has 3 nitrogen and oxygen atoms in total. The first-order chi connectivity index (χ1) is 10.2. The topological polar surface area (TPSA) is 21.1 Å². The molecule has 1 fully saturated rings. The summed E-state index contributed by atoms with van der Waals surface area (Å²) < 4.78 is 2.41. The van der Waals surface area contributed by atoms with Crippen LogP contribution >= 0.6 is 11.6 Å². The third-order valence-corrected chi connectivity index (χ3v) is 4.67. The minimum atomic E-state index is 0.671. The number of imidazole rings is 1. The van der Waals surface area contributed by atoms with Crippen molar-refractivity contribution >= 4 is 22.6 Å². The highest BCUT2D eigenvalue weighted by Crippen LogP contribution is 2.41. The van der Waals surface area contributed by atoms with Crippen molar-refractivity contribution in [1.82, 2.24) is 14.5 Å². The van der Waals surface area contributed by atoms with Crippen LogP contribution in [-0.4, -0.2) is 34.1 Å². The lowest BCUT2D eigenvalue weighted by atomic mass is 10.3. The molecule has 0 saturated heterocycles. The number of nitrogens with zero attached hydrogens (tertiary/aromatic N) is 3. The number of fused-ring (bicyclic) bond motifs is 1. The maximum atomic E-state index is 6.18. The Labute approximate surface area is 131 Å². The molecular weight excluding hydrogens is 282 g/mol. The maximum Gasteiger partial charge on any atom is 0.112 e. The predicted octanol–water partition coefficient (Wildman–Crippen LogP) is 4.30. The maximum absolute atomic E-state index is 6.18. The lowest BCUT2D eigenvalue weighted by Crippen LogP contribution is -2.25. The Morgan fingerprint density at radius 2 is 2.05 bits per heavy atom. The van der Waals surface area contributed by atoms with E-state index in [1.54, 1.807) is 0 Å². The van der Waals surface area contributed by atoms with E-state index in [1.165, 1.54) is 30.6 Å². The lowest BCUT2D eigenvalue weighted by molar-refractivity contribution is 0.293. The van der Waals surface area contributed by atoms with Crippen molar-refractivity contribution in [2.24, 2.45) is 0 Å². The highest BCUT2D eigenvalue weighted by molar-refractivity contribution is 6.31. The minimum absolute atomic E-state index is 0.671. The molecule has 1 saturated carbocycles. The summed E-state index contributed by atoms with van der Waals surface area (Å²) >= 11 is 6.18. The van der Waals surface area contributed by atoms with Gasteiger partial charge in [-0.1, -0.05) is 25.4 Å². The fourth-order valence-corrected chi connectivity index (χ4v) is 3.16. The quantitative estimate of drug-likeness (QED) is 0.760. The molecule has 0 atom stereocenters. The highest BCUT2D eigenvalue weighted by atomic mass is 35.5. The van der Waals surface area contributed by atoms with Crippen molar-refractivity contribution in [1.29, 1.82) is 0 Å². The van der Waals surface area contributed by atoms with E-state index >= 15 is 0 Å². The van der Waals surface area contributed by atoms with Crippen LogP contribution in [0.3, 0.4) is 0 Å². The van der Waals surface area contributed by atoms with Crippen LogP contribution in [0.4, 0.5) is 0 Å². The summed E-state index contributed by atoms with van der Waals surface area (Å²) in [5.74, 6) is 1.94. The van der Waals surface area contributed by atoms with E-state index in [-0.39, 0.29) is 0 Å². The Morgan fingerprint density at radius 3 is 2.71 bits per heavy atom. The van der Waals surface area contributed by atoms with Crippen LogP contribution in [0.5, 0.6) is 0 Å². The zero-order valence-electron chi connectivity index (χ0n) is 13.0. The van der Waals surface area contributed by atoms with Gasteiger partial charge in [0.2, 0.25) is 0 Å². The molecule has 114 valence electrons. The van der Waals surface area contributed by atoms with E-state index in [2.05, 4.69) is 29.4 Å². The molecule has 0 amide bonds. The number of halogens is 1. The molecule has 1 aliphatic carbocycles. The summed E-state index contributed by atoms with van der Waals surface area (Å²) in [6.45, 7) is 8.90. The van der Waals surface area contributed by atoms with E-state index in [0.29, 0.717) is 5.92 Å². The van der Waals surface area contributed by atoms with Gasteiger partial charge in [-0.05, 0) is 57.1 Å². The lowest BCUT2D eigenvalue weighted by Gasteiger charge is -2.18. The van der Waals surface area contributed by atoms with Crippen LogP contribution in [-0.2, 0) is 6.54 Å². The van der Waals surface area contributed by atoms with Crippen molar-refractivity contribution in [2.45, 2.75) is 45.6 Å². The summed E-state index contributed by atoms with van der Waals surface area (Å²) in [5.41, 5.74) is 2.29. The number of aryl methyl sites for hydroxylation is 1. The van der Waals surface area contributed by atoms with Gasteiger partial charge in [0.25, 0.3) is 0 Å². The first-order valence-corrected chi connectivity index (χ1v) is 8.48. The van der Waals surface area contributed by atoms with Gasteiger partial charge < -0.3 is 9.47 Å². The normalized spacial score (nSPS) is 15.2. The third kappa shape index (κ3) is 3.24. The number of hydrogen-bond donors (Lipinski definition) is 0. The van der Waals surface area contributed by atoms with Gasteiger partial charge in [-0.2, -0.15) is 0 Å².